The van der Waals surface area contributed by atoms with Gasteiger partial charge in [0.2, 0.25) is 5.60 Å². The highest BCUT2D eigenvalue weighted by atomic mass is 16.6. The quantitative estimate of drug-likeness (QED) is 0.489. The molecule has 2 aliphatic rings. The second kappa shape index (κ2) is 5.00. The van der Waals surface area contributed by atoms with Crippen LogP contribution in [0.2, 0.25) is 0 Å². The minimum absolute atomic E-state index is 0.105. The van der Waals surface area contributed by atoms with Crippen LogP contribution in [0.4, 0.5) is 0 Å². The molecule has 2 aromatic heterocycles. The van der Waals surface area contributed by atoms with Gasteiger partial charge < -0.3 is 19.5 Å². The Labute approximate surface area is 147 Å². The van der Waals surface area contributed by atoms with Crippen LogP contribution in [-0.4, -0.2) is 32.3 Å². The number of pyridine rings is 2. The monoisotopic (exact) mass is 350 g/mol. The van der Waals surface area contributed by atoms with Crippen LogP contribution < -0.4 is 5.56 Å². The zero-order valence-electron chi connectivity index (χ0n) is 13.6. The molecular weight excluding hydrogens is 336 g/mol. The summed E-state index contributed by atoms with van der Waals surface area (Å²) in [6, 6.07) is 11.2. The van der Waals surface area contributed by atoms with Gasteiger partial charge in [-0.3, -0.25) is 9.78 Å². The number of aliphatic hydroxyl groups excluding tert-OH is 1. The van der Waals surface area contributed by atoms with Gasteiger partial charge in [-0.2, -0.15) is 0 Å². The average molecular weight is 350 g/mol. The van der Waals surface area contributed by atoms with Crippen LogP contribution in [0, 0.1) is 0 Å². The van der Waals surface area contributed by atoms with Crippen LogP contribution >= 0.6 is 0 Å². The number of esters is 1. The molecule has 7 heteroatoms. The lowest BCUT2D eigenvalue weighted by Crippen LogP contribution is -2.47. The van der Waals surface area contributed by atoms with Crippen molar-refractivity contribution in [1.29, 1.82) is 0 Å². The number of hydrogen-bond donors (Lipinski definition) is 2. The second-order valence-corrected chi connectivity index (χ2v) is 6.58. The van der Waals surface area contributed by atoms with Crippen LogP contribution in [0.25, 0.3) is 22.2 Å². The zero-order valence-corrected chi connectivity index (χ0v) is 13.6. The van der Waals surface area contributed by atoms with Gasteiger partial charge in [-0.1, -0.05) is 18.2 Å². The minimum atomic E-state index is -2.23. The number of nitrogens with zero attached hydrogens (tertiary/aromatic N) is 2. The largest absolute Gasteiger partial charge is 0.458 e. The Bertz CT molecular complexity index is 1170. The number of hydrogen-bond acceptors (Lipinski definition) is 6. The van der Waals surface area contributed by atoms with Crippen molar-refractivity contribution in [3.8, 4) is 11.3 Å². The van der Waals surface area contributed by atoms with Crippen molar-refractivity contribution in [1.82, 2.24) is 9.55 Å². The van der Waals surface area contributed by atoms with Crippen molar-refractivity contribution in [3.63, 3.8) is 0 Å². The molecule has 0 fully saturated rings. The van der Waals surface area contributed by atoms with Gasteiger partial charge in [-0.15, -0.1) is 0 Å². The van der Waals surface area contributed by atoms with Crippen molar-refractivity contribution in [2.24, 2.45) is 0 Å². The summed E-state index contributed by atoms with van der Waals surface area (Å²) >= 11 is 0. The molecule has 1 unspecified atom stereocenters. The van der Waals surface area contributed by atoms with E-state index in [2.05, 4.69) is 4.98 Å². The van der Waals surface area contributed by atoms with Crippen LogP contribution in [0.15, 0.2) is 41.2 Å². The highest BCUT2D eigenvalue weighted by Gasteiger charge is 2.46. The maximum atomic E-state index is 12.9. The fourth-order valence-corrected chi connectivity index (χ4v) is 3.74. The summed E-state index contributed by atoms with van der Waals surface area (Å²) in [5.41, 5.74) is 0.654. The third-order valence-corrected chi connectivity index (χ3v) is 5.15. The predicted molar refractivity (Wildman–Crippen MR) is 91.3 cm³/mol. The van der Waals surface area contributed by atoms with E-state index >= 15 is 0 Å². The van der Waals surface area contributed by atoms with Crippen LogP contribution in [0.3, 0.4) is 0 Å². The number of benzene rings is 1. The average Bonchev–Trinajstić information content (AvgIpc) is 3.01. The molecular formula is C19H14N2O5. The van der Waals surface area contributed by atoms with E-state index in [1.165, 1.54) is 0 Å². The summed E-state index contributed by atoms with van der Waals surface area (Å²) in [7, 11) is 0. The summed E-state index contributed by atoms with van der Waals surface area (Å²) in [6.07, 6.45) is 0. The predicted octanol–water partition coefficient (Wildman–Crippen LogP) is 0.662. The van der Waals surface area contributed by atoms with Crippen LogP contribution in [0.1, 0.15) is 16.8 Å². The molecule has 1 atom stereocenters. The Morgan fingerprint density at radius 3 is 2.85 bits per heavy atom. The molecule has 2 aliphatic heterocycles. The minimum Gasteiger partial charge on any atom is -0.458 e. The standard InChI is InChI=1S/C19H14N2O5/c22-9-19(25)13-6-16-11-5-10-3-1-2-4-14(10)20-15(11)7-21(16)17(23)12(13)8-26-18(19)24/h1-6,22,25H,7-9H2. The third-order valence-electron chi connectivity index (χ3n) is 5.15. The van der Waals surface area contributed by atoms with E-state index in [1.807, 2.05) is 30.3 Å². The number of carbonyl (C=O) groups excluding carboxylic acids is 1. The summed E-state index contributed by atoms with van der Waals surface area (Å²) in [4.78, 5) is 29.6. The molecule has 0 bridgehead atoms. The molecule has 0 spiro atoms. The van der Waals surface area contributed by atoms with Crippen molar-refractivity contribution in [2.75, 3.05) is 6.61 Å². The molecule has 0 radical (unpaired) electrons. The van der Waals surface area contributed by atoms with Gasteiger partial charge in [0.1, 0.15) is 6.61 Å². The van der Waals surface area contributed by atoms with Gasteiger partial charge >= 0.3 is 5.97 Å². The maximum absolute atomic E-state index is 12.9. The first kappa shape index (κ1) is 15.2. The van der Waals surface area contributed by atoms with Crippen molar-refractivity contribution in [3.05, 3.63) is 63.6 Å². The van der Waals surface area contributed by atoms with E-state index in [9.17, 15) is 19.8 Å². The van der Waals surface area contributed by atoms with E-state index in [4.69, 9.17) is 4.74 Å². The summed E-state index contributed by atoms with van der Waals surface area (Å²) < 4.78 is 6.48. The van der Waals surface area contributed by atoms with Crippen LogP contribution in [-0.2, 0) is 28.3 Å². The van der Waals surface area contributed by atoms with Crippen molar-refractivity contribution >= 4 is 16.9 Å². The van der Waals surface area contributed by atoms with Crippen molar-refractivity contribution < 1.29 is 19.7 Å². The van der Waals surface area contributed by atoms with Gasteiger partial charge in [0.05, 0.1) is 35.6 Å². The van der Waals surface area contributed by atoms with E-state index in [1.54, 1.807) is 10.6 Å². The van der Waals surface area contributed by atoms with Gasteiger partial charge in [-0.25, -0.2) is 4.79 Å². The lowest BCUT2D eigenvalue weighted by Gasteiger charge is -2.31. The van der Waals surface area contributed by atoms with Crippen molar-refractivity contribution in [2.45, 2.75) is 18.8 Å². The third kappa shape index (κ3) is 1.81. The zero-order chi connectivity index (χ0) is 18.1. The summed E-state index contributed by atoms with van der Waals surface area (Å²) in [5, 5.41) is 21.1. The smallest absolute Gasteiger partial charge is 0.345 e. The molecule has 7 nitrogen and oxygen atoms in total. The first-order valence-electron chi connectivity index (χ1n) is 8.19. The number of ether oxygens (including phenoxy) is 1. The van der Waals surface area contributed by atoms with Crippen LogP contribution in [0.5, 0.6) is 0 Å². The Hall–Kier alpha value is -3.03. The second-order valence-electron chi connectivity index (χ2n) is 6.58. The molecule has 0 amide bonds. The topological polar surface area (TPSA) is 102 Å². The molecule has 4 heterocycles. The van der Waals surface area contributed by atoms with Gasteiger partial charge in [-0.05, 0) is 18.2 Å². The molecule has 3 aromatic rings. The lowest BCUT2D eigenvalue weighted by atomic mass is 9.88. The molecule has 2 N–H and O–H groups in total. The van der Waals surface area contributed by atoms with Gasteiger partial charge in [0.15, 0.2) is 0 Å². The van der Waals surface area contributed by atoms with Gasteiger partial charge in [0.25, 0.3) is 5.56 Å². The molecule has 0 saturated heterocycles. The summed E-state index contributed by atoms with van der Waals surface area (Å²) in [5.74, 6) is -0.952. The lowest BCUT2D eigenvalue weighted by molar-refractivity contribution is -0.176. The Morgan fingerprint density at radius 1 is 1.23 bits per heavy atom. The van der Waals surface area contributed by atoms with Gasteiger partial charge in [0, 0.05) is 16.5 Å². The number of carbonyl (C=O) groups is 1. The highest BCUT2D eigenvalue weighted by Crippen LogP contribution is 2.37. The first-order chi connectivity index (χ1) is 12.5. The highest BCUT2D eigenvalue weighted by molar-refractivity contribution is 5.87. The number of fused-ring (bicyclic) bond motifs is 5. The Morgan fingerprint density at radius 2 is 2.04 bits per heavy atom. The number of cyclic esters (lactones) is 1. The number of aliphatic hydroxyl groups is 2. The fraction of sp³-hybridized carbons (Fsp3) is 0.211. The fourth-order valence-electron chi connectivity index (χ4n) is 3.74. The Balaban J connectivity index is 1.81. The van der Waals surface area contributed by atoms with E-state index < -0.39 is 18.2 Å². The van der Waals surface area contributed by atoms with E-state index in [-0.39, 0.29) is 23.3 Å². The number of aromatic nitrogens is 2. The maximum Gasteiger partial charge on any atom is 0.345 e. The summed E-state index contributed by atoms with van der Waals surface area (Å²) in [6.45, 7) is -0.765. The SMILES string of the molecule is O=C1OCc2c(cc3n(c2=O)Cc2nc4ccccc4cc2-3)C1(O)CO. The number of para-hydroxylation sites is 1. The molecule has 0 aliphatic carbocycles. The molecule has 0 saturated carbocycles. The van der Waals surface area contributed by atoms with E-state index in [0.29, 0.717) is 12.2 Å². The first-order valence-corrected chi connectivity index (χ1v) is 8.19. The molecule has 5 rings (SSSR count). The number of rotatable bonds is 1. The van der Waals surface area contributed by atoms with E-state index in [0.717, 1.165) is 22.2 Å². The normalized spacial score (nSPS) is 20.5. The Kier molecular flexibility index (Phi) is 2.93. The molecule has 1 aromatic carbocycles. The molecule has 26 heavy (non-hydrogen) atoms. The molecule has 130 valence electrons.